The summed E-state index contributed by atoms with van der Waals surface area (Å²) in [5.41, 5.74) is 11.6. The number of azide groups is 1. The zero-order chi connectivity index (χ0) is 16.9. The second kappa shape index (κ2) is 7.15. The zero-order valence-electron chi connectivity index (χ0n) is 13.7. The Kier molecular flexibility index (Phi) is 4.77. The molecule has 0 unspecified atom stereocenters. The zero-order valence-corrected chi connectivity index (χ0v) is 13.7. The molecule has 0 saturated carbocycles. The van der Waals surface area contributed by atoms with Gasteiger partial charge in [-0.2, -0.15) is 0 Å². The molecule has 3 rings (SSSR count). The molecule has 6 heteroatoms. The van der Waals surface area contributed by atoms with Gasteiger partial charge >= 0.3 is 0 Å². The number of hydrogen-bond donors (Lipinski definition) is 0. The van der Waals surface area contributed by atoms with E-state index in [2.05, 4.69) is 10.0 Å². The van der Waals surface area contributed by atoms with Gasteiger partial charge in [-0.25, -0.2) is 0 Å². The number of fused-ring (bicyclic) bond motifs is 1. The Balaban J connectivity index is 1.97. The van der Waals surface area contributed by atoms with E-state index >= 15 is 0 Å². The lowest BCUT2D eigenvalue weighted by Crippen LogP contribution is -2.31. The Morgan fingerprint density at radius 1 is 1.29 bits per heavy atom. The molecule has 1 aliphatic heterocycles. The maximum atomic E-state index is 8.48. The van der Waals surface area contributed by atoms with Crippen molar-refractivity contribution in [2.24, 2.45) is 5.11 Å². The van der Waals surface area contributed by atoms with Crippen molar-refractivity contribution >= 4 is 0 Å². The molecular formula is C18H19N3O3. The highest BCUT2D eigenvalue weighted by atomic mass is 16.6. The van der Waals surface area contributed by atoms with Gasteiger partial charge in [0.2, 0.25) is 0 Å². The van der Waals surface area contributed by atoms with Gasteiger partial charge in [-0.1, -0.05) is 23.3 Å². The first-order valence-corrected chi connectivity index (χ1v) is 7.90. The topological polar surface area (TPSA) is 76.5 Å². The first kappa shape index (κ1) is 16.0. The molecule has 0 spiro atoms. The van der Waals surface area contributed by atoms with Gasteiger partial charge in [-0.15, -0.1) is 0 Å². The number of ether oxygens (including phenoxy) is 3. The van der Waals surface area contributed by atoms with E-state index in [0.717, 1.165) is 22.4 Å². The molecule has 0 bridgehead atoms. The number of para-hydroxylation sites is 1. The molecule has 1 atom stereocenters. The Bertz CT molecular complexity index is 785. The van der Waals surface area contributed by atoms with Gasteiger partial charge in [-0.05, 0) is 48.7 Å². The van der Waals surface area contributed by atoms with Crippen LogP contribution >= 0.6 is 0 Å². The molecule has 0 amide bonds. The Morgan fingerprint density at radius 2 is 2.17 bits per heavy atom. The first-order chi connectivity index (χ1) is 11.7. The minimum atomic E-state index is -0.280. The van der Waals surface area contributed by atoms with Crippen molar-refractivity contribution in [1.82, 2.24) is 0 Å². The SMILES string of the molecule is CCOc1ccc(-c2cccc3c2O[C@@H](CN=[N+]=[N-])CO3)c(C)c1. The van der Waals surface area contributed by atoms with Crippen LogP contribution in [0.25, 0.3) is 21.6 Å². The van der Waals surface area contributed by atoms with Crippen LogP contribution in [0.1, 0.15) is 12.5 Å². The molecule has 0 aromatic heterocycles. The lowest BCUT2D eigenvalue weighted by atomic mass is 9.98. The average molecular weight is 325 g/mol. The first-order valence-electron chi connectivity index (χ1n) is 7.90. The van der Waals surface area contributed by atoms with Crippen molar-refractivity contribution in [3.05, 3.63) is 52.4 Å². The summed E-state index contributed by atoms with van der Waals surface area (Å²) >= 11 is 0. The Labute approximate surface area is 140 Å². The summed E-state index contributed by atoms with van der Waals surface area (Å²) in [5, 5.41) is 3.58. The lowest BCUT2D eigenvalue weighted by Gasteiger charge is -2.27. The van der Waals surface area contributed by atoms with Crippen LogP contribution in [0.5, 0.6) is 17.2 Å². The van der Waals surface area contributed by atoms with Gasteiger partial charge in [0, 0.05) is 10.5 Å². The highest BCUT2D eigenvalue weighted by Crippen LogP contribution is 2.42. The van der Waals surface area contributed by atoms with Gasteiger partial charge in [0.05, 0.1) is 13.2 Å². The predicted molar refractivity (Wildman–Crippen MR) is 91.7 cm³/mol. The highest BCUT2D eigenvalue weighted by Gasteiger charge is 2.24. The maximum Gasteiger partial charge on any atom is 0.169 e. The van der Waals surface area contributed by atoms with Gasteiger partial charge in [0.15, 0.2) is 11.5 Å². The number of nitrogens with zero attached hydrogens (tertiary/aromatic N) is 3. The largest absolute Gasteiger partial charge is 0.494 e. The lowest BCUT2D eigenvalue weighted by molar-refractivity contribution is 0.0977. The summed E-state index contributed by atoms with van der Waals surface area (Å²) in [7, 11) is 0. The predicted octanol–water partition coefficient (Wildman–Crippen LogP) is 4.51. The van der Waals surface area contributed by atoms with Crippen molar-refractivity contribution in [3.63, 3.8) is 0 Å². The van der Waals surface area contributed by atoms with Crippen LogP contribution in [0.3, 0.4) is 0 Å². The monoisotopic (exact) mass is 325 g/mol. The van der Waals surface area contributed by atoms with Crippen LogP contribution in [-0.2, 0) is 0 Å². The van der Waals surface area contributed by atoms with Crippen LogP contribution in [0.2, 0.25) is 0 Å². The van der Waals surface area contributed by atoms with Crippen molar-refractivity contribution in [1.29, 1.82) is 0 Å². The molecule has 0 saturated heterocycles. The molecule has 1 heterocycles. The van der Waals surface area contributed by atoms with Crippen molar-refractivity contribution in [2.75, 3.05) is 19.8 Å². The summed E-state index contributed by atoms with van der Waals surface area (Å²) in [6.07, 6.45) is -0.280. The van der Waals surface area contributed by atoms with Gasteiger partial charge in [0.1, 0.15) is 18.5 Å². The van der Waals surface area contributed by atoms with Crippen molar-refractivity contribution in [3.8, 4) is 28.4 Å². The Hall–Kier alpha value is -2.85. The number of aryl methyl sites for hydroxylation is 1. The normalized spacial score (nSPS) is 15.5. The molecule has 2 aromatic carbocycles. The Morgan fingerprint density at radius 3 is 2.92 bits per heavy atom. The summed E-state index contributed by atoms with van der Waals surface area (Å²) in [5.74, 6) is 2.24. The number of hydrogen-bond acceptors (Lipinski definition) is 4. The molecule has 0 fully saturated rings. The van der Waals surface area contributed by atoms with Crippen LogP contribution in [0.15, 0.2) is 41.5 Å². The summed E-state index contributed by atoms with van der Waals surface area (Å²) in [6, 6.07) is 11.8. The van der Waals surface area contributed by atoms with E-state index in [1.807, 2.05) is 50.2 Å². The summed E-state index contributed by atoms with van der Waals surface area (Å²) in [4.78, 5) is 2.78. The van der Waals surface area contributed by atoms with E-state index in [-0.39, 0.29) is 12.6 Å². The van der Waals surface area contributed by atoms with Gasteiger partial charge < -0.3 is 14.2 Å². The molecule has 124 valence electrons. The smallest absolute Gasteiger partial charge is 0.169 e. The second-order valence-electron chi connectivity index (χ2n) is 5.51. The minimum absolute atomic E-state index is 0.243. The molecule has 24 heavy (non-hydrogen) atoms. The number of benzene rings is 2. The minimum Gasteiger partial charge on any atom is -0.494 e. The maximum absolute atomic E-state index is 8.48. The van der Waals surface area contributed by atoms with Gasteiger partial charge in [-0.3, -0.25) is 0 Å². The summed E-state index contributed by atoms with van der Waals surface area (Å²) in [6.45, 7) is 5.26. The third-order valence-electron chi connectivity index (χ3n) is 3.84. The molecule has 0 N–H and O–H groups in total. The van der Waals surface area contributed by atoms with E-state index in [9.17, 15) is 0 Å². The third-order valence-corrected chi connectivity index (χ3v) is 3.84. The fourth-order valence-electron chi connectivity index (χ4n) is 2.76. The van der Waals surface area contributed by atoms with Crippen LogP contribution in [0.4, 0.5) is 0 Å². The molecule has 2 aromatic rings. The van der Waals surface area contributed by atoms with Crippen LogP contribution in [-0.4, -0.2) is 25.9 Å². The highest BCUT2D eigenvalue weighted by molar-refractivity contribution is 5.77. The van der Waals surface area contributed by atoms with E-state index < -0.39 is 0 Å². The fourth-order valence-corrected chi connectivity index (χ4v) is 2.76. The molecule has 0 radical (unpaired) electrons. The van der Waals surface area contributed by atoms with Crippen molar-refractivity contribution in [2.45, 2.75) is 20.0 Å². The van der Waals surface area contributed by atoms with Crippen LogP contribution in [0, 0.1) is 6.92 Å². The van der Waals surface area contributed by atoms with E-state index in [1.54, 1.807) is 0 Å². The molecule has 6 nitrogen and oxygen atoms in total. The standard InChI is InChI=1S/C18H19N3O3/c1-3-22-13-7-8-15(12(2)9-13)16-5-4-6-17-18(16)24-14(11-23-17)10-20-21-19/h4-9,14H,3,10-11H2,1-2H3/t14-/m0/s1. The van der Waals surface area contributed by atoms with E-state index in [0.29, 0.717) is 24.7 Å². The van der Waals surface area contributed by atoms with E-state index in [1.165, 1.54) is 0 Å². The van der Waals surface area contributed by atoms with Crippen LogP contribution < -0.4 is 14.2 Å². The molecular weight excluding hydrogens is 306 g/mol. The number of rotatable bonds is 5. The molecule has 0 aliphatic carbocycles. The van der Waals surface area contributed by atoms with Gasteiger partial charge in [0.25, 0.3) is 0 Å². The summed E-state index contributed by atoms with van der Waals surface area (Å²) < 4.78 is 17.3. The van der Waals surface area contributed by atoms with Crippen molar-refractivity contribution < 1.29 is 14.2 Å². The quantitative estimate of drug-likeness (QED) is 0.461. The second-order valence-corrected chi connectivity index (χ2v) is 5.51. The third kappa shape index (κ3) is 3.24. The fraction of sp³-hybridized carbons (Fsp3) is 0.333. The molecule has 1 aliphatic rings. The van der Waals surface area contributed by atoms with E-state index in [4.69, 9.17) is 19.7 Å². The average Bonchev–Trinajstić information content (AvgIpc) is 2.60.